The van der Waals surface area contributed by atoms with Gasteiger partial charge in [0.05, 0.1) is 6.54 Å². The molecule has 3 rings (SSSR count). The van der Waals surface area contributed by atoms with Gasteiger partial charge in [0.1, 0.15) is 0 Å². The minimum absolute atomic E-state index is 0.210. The Bertz CT molecular complexity index is 748. The highest BCUT2D eigenvalue weighted by atomic mass is 16.2. The molecule has 7 nitrogen and oxygen atoms in total. The van der Waals surface area contributed by atoms with E-state index in [1.807, 2.05) is 35.8 Å². The summed E-state index contributed by atoms with van der Waals surface area (Å²) >= 11 is 0. The number of benzene rings is 1. The van der Waals surface area contributed by atoms with Crippen molar-refractivity contribution < 1.29 is 9.59 Å². The van der Waals surface area contributed by atoms with E-state index in [0.29, 0.717) is 25.9 Å². The normalized spacial score (nSPS) is 19.7. The Labute approximate surface area is 173 Å². The van der Waals surface area contributed by atoms with Gasteiger partial charge in [0.15, 0.2) is 5.96 Å². The van der Waals surface area contributed by atoms with Crippen LogP contribution in [-0.4, -0.2) is 59.8 Å². The molecule has 1 unspecified atom stereocenters. The summed E-state index contributed by atoms with van der Waals surface area (Å²) in [6.07, 6.45) is 3.10. The molecule has 0 aromatic heterocycles. The third-order valence-electron chi connectivity index (χ3n) is 5.59. The van der Waals surface area contributed by atoms with E-state index in [9.17, 15) is 9.59 Å². The molecule has 29 heavy (non-hydrogen) atoms. The van der Waals surface area contributed by atoms with E-state index in [4.69, 9.17) is 4.99 Å². The second kappa shape index (κ2) is 10.3. The van der Waals surface area contributed by atoms with Gasteiger partial charge in [-0.25, -0.2) is 4.99 Å². The van der Waals surface area contributed by atoms with Crippen LogP contribution in [-0.2, 0) is 22.7 Å². The number of amides is 2. The standard InChI is InChI=1S/C22H33N5O2/c1-3-20(28)27-13-11-19(16-27)25-22(23-4-2)24-14-17-8-5-6-9-18(17)15-26-12-7-10-21(26)29/h5-6,8-9,19H,3-4,7,10-16H2,1-2H3,(H2,23,24,25). The van der Waals surface area contributed by atoms with Crippen molar-refractivity contribution in [2.45, 2.75) is 58.7 Å². The maximum Gasteiger partial charge on any atom is 0.222 e. The number of nitrogens with one attached hydrogen (secondary N) is 2. The molecule has 2 fully saturated rings. The molecule has 1 aromatic rings. The molecular formula is C22H33N5O2. The first kappa shape index (κ1) is 21.1. The Kier molecular flexibility index (Phi) is 7.49. The monoisotopic (exact) mass is 399 g/mol. The maximum absolute atomic E-state index is 12.0. The first-order valence-electron chi connectivity index (χ1n) is 10.8. The van der Waals surface area contributed by atoms with Gasteiger partial charge in [0.2, 0.25) is 11.8 Å². The summed E-state index contributed by atoms with van der Waals surface area (Å²) in [6.45, 7) is 8.31. The van der Waals surface area contributed by atoms with Crippen LogP contribution in [0.5, 0.6) is 0 Å². The summed E-state index contributed by atoms with van der Waals surface area (Å²) in [5, 5.41) is 6.78. The average Bonchev–Trinajstić information content (AvgIpc) is 3.36. The Balaban J connectivity index is 1.63. The number of hydrogen-bond donors (Lipinski definition) is 2. The predicted molar refractivity (Wildman–Crippen MR) is 114 cm³/mol. The van der Waals surface area contributed by atoms with Crippen molar-refractivity contribution in [3.63, 3.8) is 0 Å². The molecule has 0 spiro atoms. The number of guanidine groups is 1. The lowest BCUT2D eigenvalue weighted by atomic mass is 10.1. The second-order valence-corrected chi connectivity index (χ2v) is 7.71. The summed E-state index contributed by atoms with van der Waals surface area (Å²) in [4.78, 5) is 32.5. The van der Waals surface area contributed by atoms with Crippen molar-refractivity contribution in [3.8, 4) is 0 Å². The van der Waals surface area contributed by atoms with Gasteiger partial charge in [0, 0.05) is 51.6 Å². The SMILES string of the molecule is CCNC(=NCc1ccccc1CN1CCCC1=O)NC1CCN(C(=O)CC)C1. The average molecular weight is 400 g/mol. The summed E-state index contributed by atoms with van der Waals surface area (Å²) in [5.41, 5.74) is 2.29. The van der Waals surface area contributed by atoms with Crippen LogP contribution in [0.15, 0.2) is 29.3 Å². The third-order valence-corrected chi connectivity index (χ3v) is 5.59. The van der Waals surface area contributed by atoms with E-state index >= 15 is 0 Å². The highest BCUT2D eigenvalue weighted by Gasteiger charge is 2.26. The largest absolute Gasteiger partial charge is 0.357 e. The number of rotatable bonds is 7. The lowest BCUT2D eigenvalue weighted by molar-refractivity contribution is -0.130. The van der Waals surface area contributed by atoms with Crippen LogP contribution in [0.25, 0.3) is 0 Å². The Morgan fingerprint density at radius 1 is 1.21 bits per heavy atom. The van der Waals surface area contributed by atoms with Crippen LogP contribution in [0.4, 0.5) is 0 Å². The number of nitrogens with zero attached hydrogens (tertiary/aromatic N) is 3. The zero-order chi connectivity index (χ0) is 20.6. The molecule has 0 radical (unpaired) electrons. The first-order valence-corrected chi connectivity index (χ1v) is 10.8. The fraction of sp³-hybridized carbons (Fsp3) is 0.591. The van der Waals surface area contributed by atoms with Crippen LogP contribution in [0, 0.1) is 0 Å². The van der Waals surface area contributed by atoms with Crippen molar-refractivity contribution in [2.75, 3.05) is 26.2 Å². The van der Waals surface area contributed by atoms with Crippen molar-refractivity contribution in [3.05, 3.63) is 35.4 Å². The summed E-state index contributed by atoms with van der Waals surface area (Å²) in [5.74, 6) is 1.22. The van der Waals surface area contributed by atoms with Crippen molar-refractivity contribution >= 4 is 17.8 Å². The summed E-state index contributed by atoms with van der Waals surface area (Å²) in [6, 6.07) is 8.43. The van der Waals surface area contributed by atoms with Crippen molar-refractivity contribution in [2.24, 2.45) is 4.99 Å². The number of carbonyl (C=O) groups is 2. The van der Waals surface area contributed by atoms with Gasteiger partial charge >= 0.3 is 0 Å². The highest BCUT2D eigenvalue weighted by Crippen LogP contribution is 2.18. The van der Waals surface area contributed by atoms with E-state index < -0.39 is 0 Å². The fourth-order valence-corrected chi connectivity index (χ4v) is 3.95. The third kappa shape index (κ3) is 5.71. The van der Waals surface area contributed by atoms with Gasteiger partial charge in [-0.3, -0.25) is 9.59 Å². The van der Waals surface area contributed by atoms with Crippen LogP contribution in [0.3, 0.4) is 0 Å². The van der Waals surface area contributed by atoms with Crippen LogP contribution >= 0.6 is 0 Å². The van der Waals surface area contributed by atoms with Gasteiger partial charge in [-0.05, 0) is 30.9 Å². The van der Waals surface area contributed by atoms with Gasteiger partial charge in [-0.15, -0.1) is 0 Å². The van der Waals surface area contributed by atoms with E-state index in [0.717, 1.165) is 56.1 Å². The molecule has 7 heteroatoms. The second-order valence-electron chi connectivity index (χ2n) is 7.71. The van der Waals surface area contributed by atoms with Crippen LogP contribution < -0.4 is 10.6 Å². The molecule has 2 amide bonds. The zero-order valence-electron chi connectivity index (χ0n) is 17.6. The van der Waals surface area contributed by atoms with E-state index in [-0.39, 0.29) is 17.9 Å². The molecule has 2 aliphatic heterocycles. The van der Waals surface area contributed by atoms with Gasteiger partial charge in [-0.2, -0.15) is 0 Å². The molecule has 158 valence electrons. The molecule has 2 N–H and O–H groups in total. The Morgan fingerprint density at radius 3 is 2.69 bits per heavy atom. The smallest absolute Gasteiger partial charge is 0.222 e. The molecule has 2 heterocycles. The number of aliphatic imine (C=N–C) groups is 1. The van der Waals surface area contributed by atoms with Crippen LogP contribution in [0.1, 0.15) is 50.7 Å². The van der Waals surface area contributed by atoms with Crippen molar-refractivity contribution in [1.82, 2.24) is 20.4 Å². The lowest BCUT2D eigenvalue weighted by Gasteiger charge is -2.19. The number of hydrogen-bond acceptors (Lipinski definition) is 3. The molecule has 0 aliphatic carbocycles. The molecule has 0 bridgehead atoms. The molecule has 1 atom stereocenters. The Morgan fingerprint density at radius 2 is 2.00 bits per heavy atom. The molecule has 2 saturated heterocycles. The predicted octanol–water partition coefficient (Wildman–Crippen LogP) is 1.87. The molecule has 0 saturated carbocycles. The highest BCUT2D eigenvalue weighted by molar-refractivity contribution is 5.81. The number of likely N-dealkylation sites (tertiary alicyclic amines) is 2. The van der Waals surface area contributed by atoms with E-state index in [2.05, 4.69) is 22.8 Å². The quantitative estimate of drug-likeness (QED) is 0.542. The molecule has 1 aromatic carbocycles. The first-order chi connectivity index (χ1) is 14.1. The zero-order valence-corrected chi connectivity index (χ0v) is 17.6. The number of carbonyl (C=O) groups excluding carboxylic acids is 2. The topological polar surface area (TPSA) is 77.0 Å². The van der Waals surface area contributed by atoms with E-state index in [1.54, 1.807) is 0 Å². The Hall–Kier alpha value is -2.57. The van der Waals surface area contributed by atoms with Gasteiger partial charge < -0.3 is 20.4 Å². The fourth-order valence-electron chi connectivity index (χ4n) is 3.95. The van der Waals surface area contributed by atoms with Crippen molar-refractivity contribution in [1.29, 1.82) is 0 Å². The maximum atomic E-state index is 12.0. The molecular weight excluding hydrogens is 366 g/mol. The summed E-state index contributed by atoms with van der Waals surface area (Å²) < 4.78 is 0. The lowest BCUT2D eigenvalue weighted by Crippen LogP contribution is -2.45. The van der Waals surface area contributed by atoms with Crippen LogP contribution in [0.2, 0.25) is 0 Å². The molecule has 2 aliphatic rings. The van der Waals surface area contributed by atoms with E-state index in [1.165, 1.54) is 0 Å². The summed E-state index contributed by atoms with van der Waals surface area (Å²) in [7, 11) is 0. The minimum atomic E-state index is 0.210. The van der Waals surface area contributed by atoms with Gasteiger partial charge in [0.25, 0.3) is 0 Å². The van der Waals surface area contributed by atoms with Gasteiger partial charge in [-0.1, -0.05) is 31.2 Å². The minimum Gasteiger partial charge on any atom is -0.357 e.